The number of rotatable bonds is 4. The van der Waals surface area contributed by atoms with Gasteiger partial charge < -0.3 is 10.1 Å². The lowest BCUT2D eigenvalue weighted by molar-refractivity contribution is -0.130. The van der Waals surface area contributed by atoms with Gasteiger partial charge in [-0.25, -0.2) is 8.78 Å². The number of hydrogen-bond donors (Lipinski definition) is 1. The number of hydrogen-bond acceptors (Lipinski definition) is 2. The molecule has 1 aliphatic rings. The lowest BCUT2D eigenvalue weighted by Crippen LogP contribution is -2.47. The molecule has 6 heteroatoms. The molecule has 0 aromatic heterocycles. The molecule has 0 spiro atoms. The first-order chi connectivity index (χ1) is 12.0. The average Bonchev–Trinajstić information content (AvgIpc) is 2.60. The van der Waals surface area contributed by atoms with Gasteiger partial charge >= 0.3 is 0 Å². The highest BCUT2D eigenvalue weighted by Gasteiger charge is 2.41. The molecule has 1 fully saturated rings. The standard InChI is InChI=1S/C19H18ClF2NO2/c20-15-3-1-14(2-4-15)19(5-7-25-8-6-19)18(24)23-12-13-9-16(21)11-17(22)10-13/h1-4,9-11H,5-8,12H2,(H,23,24). The number of benzene rings is 2. The third-order valence-corrected chi connectivity index (χ3v) is 4.81. The largest absolute Gasteiger partial charge is 0.381 e. The Kier molecular flexibility index (Phi) is 5.35. The van der Waals surface area contributed by atoms with Gasteiger partial charge in [-0.1, -0.05) is 23.7 Å². The van der Waals surface area contributed by atoms with E-state index >= 15 is 0 Å². The second-order valence-electron chi connectivity index (χ2n) is 6.16. The fourth-order valence-electron chi connectivity index (χ4n) is 3.20. The molecule has 0 aliphatic carbocycles. The van der Waals surface area contributed by atoms with E-state index in [0.29, 0.717) is 36.6 Å². The van der Waals surface area contributed by atoms with Crippen LogP contribution in [0.2, 0.25) is 5.02 Å². The van der Waals surface area contributed by atoms with E-state index in [2.05, 4.69) is 5.32 Å². The van der Waals surface area contributed by atoms with Gasteiger partial charge in [0.25, 0.3) is 0 Å². The van der Waals surface area contributed by atoms with Crippen molar-refractivity contribution in [2.45, 2.75) is 24.8 Å². The molecule has 0 saturated carbocycles. The van der Waals surface area contributed by atoms with Crippen molar-refractivity contribution in [3.8, 4) is 0 Å². The molecule has 3 rings (SSSR count). The Hall–Kier alpha value is -1.98. The summed E-state index contributed by atoms with van der Waals surface area (Å²) in [6, 6.07) is 10.4. The van der Waals surface area contributed by atoms with Gasteiger partial charge in [0.15, 0.2) is 0 Å². The summed E-state index contributed by atoms with van der Waals surface area (Å²) >= 11 is 5.95. The van der Waals surface area contributed by atoms with E-state index in [9.17, 15) is 13.6 Å². The molecular weight excluding hydrogens is 348 g/mol. The van der Waals surface area contributed by atoms with Crippen LogP contribution in [0.4, 0.5) is 8.78 Å². The fourth-order valence-corrected chi connectivity index (χ4v) is 3.33. The van der Waals surface area contributed by atoms with Crippen LogP contribution < -0.4 is 5.32 Å². The molecule has 1 heterocycles. The average molecular weight is 366 g/mol. The van der Waals surface area contributed by atoms with Crippen LogP contribution in [0, 0.1) is 11.6 Å². The Labute approximate surface area is 149 Å². The summed E-state index contributed by atoms with van der Waals surface area (Å²) in [7, 11) is 0. The van der Waals surface area contributed by atoms with Gasteiger partial charge in [-0.2, -0.15) is 0 Å². The minimum atomic E-state index is -0.727. The van der Waals surface area contributed by atoms with E-state index in [4.69, 9.17) is 16.3 Å². The summed E-state index contributed by atoms with van der Waals surface area (Å²) in [4.78, 5) is 13.0. The zero-order valence-corrected chi connectivity index (χ0v) is 14.3. The molecule has 132 valence electrons. The first kappa shape index (κ1) is 17.8. The molecule has 1 N–H and O–H groups in total. The van der Waals surface area contributed by atoms with Gasteiger partial charge in [0.2, 0.25) is 5.91 Å². The van der Waals surface area contributed by atoms with E-state index in [0.717, 1.165) is 11.6 Å². The van der Waals surface area contributed by atoms with Gasteiger partial charge in [0.1, 0.15) is 11.6 Å². The second kappa shape index (κ2) is 7.50. The van der Waals surface area contributed by atoms with Crippen molar-refractivity contribution in [1.29, 1.82) is 0 Å². The maximum absolute atomic E-state index is 13.3. The monoisotopic (exact) mass is 365 g/mol. The fraction of sp³-hybridized carbons (Fsp3) is 0.316. The lowest BCUT2D eigenvalue weighted by atomic mass is 9.73. The molecule has 2 aromatic rings. The molecule has 0 bridgehead atoms. The lowest BCUT2D eigenvalue weighted by Gasteiger charge is -2.36. The Morgan fingerprint density at radius 3 is 2.28 bits per heavy atom. The molecule has 0 unspecified atom stereocenters. The third-order valence-electron chi connectivity index (χ3n) is 4.55. The molecule has 2 aromatic carbocycles. The second-order valence-corrected chi connectivity index (χ2v) is 6.60. The SMILES string of the molecule is O=C(NCc1cc(F)cc(F)c1)C1(c2ccc(Cl)cc2)CCOCC1. The maximum Gasteiger partial charge on any atom is 0.231 e. The van der Waals surface area contributed by atoms with Crippen LogP contribution in [0.1, 0.15) is 24.0 Å². The maximum atomic E-state index is 13.3. The predicted molar refractivity (Wildman–Crippen MR) is 91.4 cm³/mol. The summed E-state index contributed by atoms with van der Waals surface area (Å²) in [6.07, 6.45) is 1.08. The normalized spacial score (nSPS) is 16.4. The van der Waals surface area contributed by atoms with Crippen LogP contribution in [-0.2, 0) is 21.5 Å². The zero-order valence-electron chi connectivity index (χ0n) is 13.5. The topological polar surface area (TPSA) is 38.3 Å². The van der Waals surface area contributed by atoms with Gasteiger partial charge in [-0.15, -0.1) is 0 Å². The Balaban J connectivity index is 1.81. The molecule has 3 nitrogen and oxygen atoms in total. The van der Waals surface area contributed by atoms with Crippen LogP contribution >= 0.6 is 11.6 Å². The highest BCUT2D eigenvalue weighted by molar-refractivity contribution is 6.30. The molecular formula is C19H18ClF2NO2. The molecule has 1 amide bonds. The summed E-state index contributed by atoms with van der Waals surface area (Å²) < 4.78 is 32.0. The molecule has 0 atom stereocenters. The van der Waals surface area contributed by atoms with Gasteiger partial charge in [0, 0.05) is 30.8 Å². The van der Waals surface area contributed by atoms with E-state index in [1.54, 1.807) is 12.1 Å². The first-order valence-corrected chi connectivity index (χ1v) is 8.44. The summed E-state index contributed by atoms with van der Waals surface area (Å²) in [6.45, 7) is 1.01. The van der Waals surface area contributed by atoms with Crippen molar-refractivity contribution >= 4 is 17.5 Å². The Bertz CT molecular complexity index is 738. The van der Waals surface area contributed by atoms with Gasteiger partial charge in [0.05, 0.1) is 5.41 Å². The van der Waals surface area contributed by atoms with E-state index in [1.165, 1.54) is 12.1 Å². The van der Waals surface area contributed by atoms with Crippen molar-refractivity contribution in [2.24, 2.45) is 0 Å². The van der Waals surface area contributed by atoms with Crippen LogP contribution in [0.5, 0.6) is 0 Å². The zero-order chi connectivity index (χ0) is 17.9. The van der Waals surface area contributed by atoms with Crippen molar-refractivity contribution in [1.82, 2.24) is 5.32 Å². The van der Waals surface area contributed by atoms with Crippen LogP contribution in [0.25, 0.3) is 0 Å². The van der Waals surface area contributed by atoms with Crippen molar-refractivity contribution in [2.75, 3.05) is 13.2 Å². The minimum absolute atomic E-state index is 0.0592. The van der Waals surface area contributed by atoms with E-state index in [-0.39, 0.29) is 12.5 Å². The highest BCUT2D eigenvalue weighted by Crippen LogP contribution is 2.35. The van der Waals surface area contributed by atoms with E-state index in [1.807, 2.05) is 12.1 Å². The predicted octanol–water partition coefficient (Wildman–Crippen LogP) is 3.98. The number of amides is 1. The molecule has 0 radical (unpaired) electrons. The summed E-state index contributed by atoms with van der Waals surface area (Å²) in [5, 5.41) is 3.41. The van der Waals surface area contributed by atoms with E-state index < -0.39 is 17.0 Å². The van der Waals surface area contributed by atoms with Gasteiger partial charge in [-0.3, -0.25) is 4.79 Å². The van der Waals surface area contributed by atoms with Gasteiger partial charge in [-0.05, 0) is 48.2 Å². The van der Waals surface area contributed by atoms with Crippen molar-refractivity contribution < 1.29 is 18.3 Å². The molecule has 1 saturated heterocycles. The van der Waals surface area contributed by atoms with Crippen LogP contribution in [0.15, 0.2) is 42.5 Å². The van der Waals surface area contributed by atoms with Crippen LogP contribution in [0.3, 0.4) is 0 Å². The molecule has 1 aliphatic heterocycles. The Morgan fingerprint density at radius 1 is 1.08 bits per heavy atom. The number of carbonyl (C=O) groups excluding carboxylic acids is 1. The smallest absolute Gasteiger partial charge is 0.231 e. The Morgan fingerprint density at radius 2 is 1.68 bits per heavy atom. The highest BCUT2D eigenvalue weighted by atomic mass is 35.5. The first-order valence-electron chi connectivity index (χ1n) is 8.07. The summed E-state index contributed by atoms with van der Waals surface area (Å²) in [5.41, 5.74) is 0.515. The number of carbonyl (C=O) groups is 1. The quantitative estimate of drug-likeness (QED) is 0.890. The number of halogens is 3. The number of ether oxygens (including phenoxy) is 1. The van der Waals surface area contributed by atoms with Crippen molar-refractivity contribution in [3.05, 3.63) is 70.2 Å². The number of nitrogens with one attached hydrogen (secondary N) is 1. The third kappa shape index (κ3) is 3.99. The minimum Gasteiger partial charge on any atom is -0.381 e. The molecule has 25 heavy (non-hydrogen) atoms. The van der Waals surface area contributed by atoms with Crippen LogP contribution in [-0.4, -0.2) is 19.1 Å². The van der Waals surface area contributed by atoms with Crippen molar-refractivity contribution in [3.63, 3.8) is 0 Å². The summed E-state index contributed by atoms with van der Waals surface area (Å²) in [5.74, 6) is -1.51.